The second-order valence-corrected chi connectivity index (χ2v) is 5.41. The van der Waals surface area contributed by atoms with Gasteiger partial charge in [-0.2, -0.15) is 0 Å². The molecule has 3 aromatic rings. The van der Waals surface area contributed by atoms with E-state index in [-0.39, 0.29) is 0 Å². The SMILES string of the molecule is [C-]#[N+]c1ccc(C=Cc2ccccc2/C=C/c2ccccc2)cc1. The Hall–Kier alpha value is -3.37. The maximum atomic E-state index is 7.00. The topological polar surface area (TPSA) is 4.36 Å². The van der Waals surface area contributed by atoms with Gasteiger partial charge in [0.2, 0.25) is 0 Å². The molecule has 1 nitrogen and oxygen atoms in total. The lowest BCUT2D eigenvalue weighted by atomic mass is 10.0. The molecule has 0 saturated carbocycles. The van der Waals surface area contributed by atoms with Crippen molar-refractivity contribution < 1.29 is 0 Å². The summed E-state index contributed by atoms with van der Waals surface area (Å²) in [6, 6.07) is 26.2. The fraction of sp³-hybridized carbons (Fsp3) is 0. The Labute approximate surface area is 143 Å². The highest BCUT2D eigenvalue weighted by Gasteiger charge is 1.95. The third-order valence-corrected chi connectivity index (χ3v) is 3.73. The van der Waals surface area contributed by atoms with Gasteiger partial charge in [-0.15, -0.1) is 0 Å². The summed E-state index contributed by atoms with van der Waals surface area (Å²) in [7, 11) is 0. The smallest absolute Gasteiger partial charge is 0.187 e. The zero-order valence-corrected chi connectivity index (χ0v) is 13.3. The molecule has 0 aliphatic heterocycles. The number of hydrogen-bond acceptors (Lipinski definition) is 0. The molecule has 0 N–H and O–H groups in total. The van der Waals surface area contributed by atoms with Crippen molar-refractivity contribution in [3.05, 3.63) is 113 Å². The Balaban J connectivity index is 1.82. The van der Waals surface area contributed by atoms with Crippen LogP contribution < -0.4 is 0 Å². The van der Waals surface area contributed by atoms with E-state index in [2.05, 4.69) is 53.4 Å². The first-order valence-corrected chi connectivity index (χ1v) is 7.83. The van der Waals surface area contributed by atoms with Gasteiger partial charge in [-0.25, -0.2) is 4.85 Å². The maximum absolute atomic E-state index is 7.00. The summed E-state index contributed by atoms with van der Waals surface area (Å²) in [6.07, 6.45) is 8.44. The van der Waals surface area contributed by atoms with Crippen molar-refractivity contribution >= 4 is 30.0 Å². The average molecular weight is 307 g/mol. The second kappa shape index (κ2) is 7.76. The van der Waals surface area contributed by atoms with Crippen molar-refractivity contribution in [3.63, 3.8) is 0 Å². The summed E-state index contributed by atoms with van der Waals surface area (Å²) in [5, 5.41) is 0. The van der Waals surface area contributed by atoms with Gasteiger partial charge in [0.15, 0.2) is 5.69 Å². The third-order valence-electron chi connectivity index (χ3n) is 3.73. The van der Waals surface area contributed by atoms with Crippen LogP contribution in [0.3, 0.4) is 0 Å². The molecule has 0 aliphatic carbocycles. The Morgan fingerprint density at radius 1 is 0.542 bits per heavy atom. The van der Waals surface area contributed by atoms with E-state index in [0.29, 0.717) is 5.69 Å². The minimum Gasteiger partial charge on any atom is -0.238 e. The summed E-state index contributed by atoms with van der Waals surface area (Å²) in [5.74, 6) is 0. The molecule has 0 saturated heterocycles. The molecular formula is C23H17N. The number of rotatable bonds is 4. The molecule has 3 aromatic carbocycles. The predicted octanol–water partition coefficient (Wildman–Crippen LogP) is 6.58. The van der Waals surface area contributed by atoms with Crippen molar-refractivity contribution in [2.75, 3.05) is 0 Å². The van der Waals surface area contributed by atoms with Crippen molar-refractivity contribution in [2.24, 2.45) is 0 Å². The monoisotopic (exact) mass is 307 g/mol. The van der Waals surface area contributed by atoms with Crippen LogP contribution >= 0.6 is 0 Å². The third kappa shape index (κ3) is 4.09. The first kappa shape index (κ1) is 15.5. The van der Waals surface area contributed by atoms with Gasteiger partial charge in [0.05, 0.1) is 6.57 Å². The van der Waals surface area contributed by atoms with Crippen molar-refractivity contribution in [3.8, 4) is 0 Å². The van der Waals surface area contributed by atoms with Crippen LogP contribution in [0.15, 0.2) is 78.9 Å². The molecule has 0 spiro atoms. The molecule has 0 aromatic heterocycles. The standard InChI is InChI=1S/C23H17N/c1-24-23-17-13-20(14-18-23)12-16-22-10-6-5-9-21(22)15-11-19-7-3-2-4-8-19/h2-18H/b15-11+,16-12?. The molecule has 24 heavy (non-hydrogen) atoms. The first-order valence-electron chi connectivity index (χ1n) is 7.83. The fourth-order valence-electron chi connectivity index (χ4n) is 2.41. The summed E-state index contributed by atoms with van der Waals surface area (Å²) >= 11 is 0. The zero-order valence-electron chi connectivity index (χ0n) is 13.3. The van der Waals surface area contributed by atoms with Gasteiger partial charge in [0.25, 0.3) is 0 Å². The molecule has 3 rings (SSSR count). The highest BCUT2D eigenvalue weighted by Crippen LogP contribution is 2.18. The predicted molar refractivity (Wildman–Crippen MR) is 103 cm³/mol. The van der Waals surface area contributed by atoms with Gasteiger partial charge in [0, 0.05) is 0 Å². The summed E-state index contributed by atoms with van der Waals surface area (Å²) in [6.45, 7) is 7.00. The molecule has 0 fully saturated rings. The molecule has 114 valence electrons. The number of benzene rings is 3. The molecular weight excluding hydrogens is 290 g/mol. The fourth-order valence-corrected chi connectivity index (χ4v) is 2.41. The van der Waals surface area contributed by atoms with Gasteiger partial charge in [0.1, 0.15) is 0 Å². The maximum Gasteiger partial charge on any atom is 0.187 e. The molecule has 0 bridgehead atoms. The van der Waals surface area contributed by atoms with Crippen LogP contribution in [-0.2, 0) is 0 Å². The Morgan fingerprint density at radius 3 is 1.58 bits per heavy atom. The van der Waals surface area contributed by atoms with E-state index in [1.165, 1.54) is 16.7 Å². The lowest BCUT2D eigenvalue weighted by Gasteiger charge is -2.01. The second-order valence-electron chi connectivity index (χ2n) is 5.41. The summed E-state index contributed by atoms with van der Waals surface area (Å²) in [4.78, 5) is 3.41. The molecule has 1 heteroatoms. The van der Waals surface area contributed by atoms with Crippen LogP contribution in [0.5, 0.6) is 0 Å². The molecule has 0 atom stereocenters. The van der Waals surface area contributed by atoms with Crippen molar-refractivity contribution in [2.45, 2.75) is 0 Å². The number of hydrogen-bond donors (Lipinski definition) is 0. The summed E-state index contributed by atoms with van der Waals surface area (Å²) in [5.41, 5.74) is 5.28. The minimum atomic E-state index is 0.665. The normalized spacial score (nSPS) is 11.0. The van der Waals surface area contributed by atoms with E-state index in [1.54, 1.807) is 0 Å². The van der Waals surface area contributed by atoms with Crippen LogP contribution in [0.4, 0.5) is 5.69 Å². The molecule has 0 heterocycles. The largest absolute Gasteiger partial charge is 0.238 e. The van der Waals surface area contributed by atoms with Crippen molar-refractivity contribution in [1.29, 1.82) is 0 Å². The Bertz CT molecular complexity index is 895. The lowest BCUT2D eigenvalue weighted by Crippen LogP contribution is -1.80. The summed E-state index contributed by atoms with van der Waals surface area (Å²) < 4.78 is 0. The van der Waals surface area contributed by atoms with Gasteiger partial charge in [-0.1, -0.05) is 103 Å². The van der Waals surface area contributed by atoms with Crippen LogP contribution in [0.1, 0.15) is 22.3 Å². The van der Waals surface area contributed by atoms with Gasteiger partial charge in [-0.3, -0.25) is 0 Å². The van der Waals surface area contributed by atoms with E-state index in [9.17, 15) is 0 Å². The minimum absolute atomic E-state index is 0.665. The van der Waals surface area contributed by atoms with Crippen LogP contribution in [0.2, 0.25) is 0 Å². The van der Waals surface area contributed by atoms with E-state index < -0.39 is 0 Å². The van der Waals surface area contributed by atoms with Gasteiger partial charge < -0.3 is 0 Å². The quantitative estimate of drug-likeness (QED) is 0.379. The Morgan fingerprint density at radius 2 is 1.04 bits per heavy atom. The van der Waals surface area contributed by atoms with Crippen LogP contribution in [-0.4, -0.2) is 0 Å². The van der Waals surface area contributed by atoms with Gasteiger partial charge in [-0.05, 0) is 22.3 Å². The highest BCUT2D eigenvalue weighted by atomic mass is 14.6. The molecule has 0 radical (unpaired) electrons. The molecule has 0 amide bonds. The lowest BCUT2D eigenvalue weighted by molar-refractivity contribution is 1.61. The zero-order chi connectivity index (χ0) is 16.6. The average Bonchev–Trinajstić information content (AvgIpc) is 2.66. The number of nitrogens with zero attached hydrogens (tertiary/aromatic N) is 1. The van der Waals surface area contributed by atoms with Crippen LogP contribution in [0, 0.1) is 6.57 Å². The van der Waals surface area contributed by atoms with E-state index in [0.717, 1.165) is 5.56 Å². The van der Waals surface area contributed by atoms with Crippen molar-refractivity contribution in [1.82, 2.24) is 0 Å². The first-order chi connectivity index (χ1) is 11.8. The van der Waals surface area contributed by atoms with E-state index >= 15 is 0 Å². The van der Waals surface area contributed by atoms with Crippen LogP contribution in [0.25, 0.3) is 29.1 Å². The Kier molecular flexibility index (Phi) is 5.02. The molecule has 0 aliphatic rings. The van der Waals surface area contributed by atoms with E-state index in [4.69, 9.17) is 6.57 Å². The van der Waals surface area contributed by atoms with Gasteiger partial charge >= 0.3 is 0 Å². The van der Waals surface area contributed by atoms with E-state index in [1.807, 2.05) is 54.6 Å². The highest BCUT2D eigenvalue weighted by molar-refractivity contribution is 5.79. The molecule has 0 unspecified atom stereocenters.